The number of ether oxygens (including phenoxy) is 3. The summed E-state index contributed by atoms with van der Waals surface area (Å²) in [4.78, 5) is 38.1. The molecule has 77 heavy (non-hydrogen) atoms. The third kappa shape index (κ3) is 60.5. The van der Waals surface area contributed by atoms with E-state index in [1.54, 1.807) is 0 Å². The summed E-state index contributed by atoms with van der Waals surface area (Å²) in [6, 6.07) is 0. The molecule has 6 heteroatoms. The number of allylic oxidation sites excluding steroid dienone is 36. The van der Waals surface area contributed by atoms with Crippen LogP contribution in [0.4, 0.5) is 0 Å². The van der Waals surface area contributed by atoms with Crippen LogP contribution in [-0.4, -0.2) is 37.2 Å². The van der Waals surface area contributed by atoms with Gasteiger partial charge in [0.25, 0.3) is 0 Å². The molecule has 0 fully saturated rings. The smallest absolute Gasteiger partial charge is 0.306 e. The third-order valence-electron chi connectivity index (χ3n) is 11.0. The Balaban J connectivity index is 4.64. The van der Waals surface area contributed by atoms with Crippen molar-refractivity contribution in [2.75, 3.05) is 13.2 Å². The van der Waals surface area contributed by atoms with E-state index in [1.807, 2.05) is 24.3 Å². The number of hydrogen-bond donors (Lipinski definition) is 0. The molecular weight excluding hydrogens is 949 g/mol. The van der Waals surface area contributed by atoms with E-state index in [0.717, 1.165) is 128 Å². The van der Waals surface area contributed by atoms with Crippen molar-refractivity contribution in [3.63, 3.8) is 0 Å². The molecule has 0 aromatic heterocycles. The molecule has 0 aromatic carbocycles. The van der Waals surface area contributed by atoms with Crippen molar-refractivity contribution in [2.24, 2.45) is 0 Å². The molecule has 1 atom stereocenters. The molecule has 422 valence electrons. The average Bonchev–Trinajstić information content (AvgIpc) is 3.43. The molecule has 0 aliphatic carbocycles. The van der Waals surface area contributed by atoms with Gasteiger partial charge in [0, 0.05) is 19.3 Å². The van der Waals surface area contributed by atoms with Crippen LogP contribution >= 0.6 is 0 Å². The minimum absolute atomic E-state index is 0.166. The highest BCUT2D eigenvalue weighted by molar-refractivity contribution is 5.71. The van der Waals surface area contributed by atoms with Gasteiger partial charge in [-0.15, -0.1) is 0 Å². The van der Waals surface area contributed by atoms with Crippen LogP contribution in [0.3, 0.4) is 0 Å². The molecule has 0 aliphatic heterocycles. The Bertz CT molecular complexity index is 1980. The normalized spacial score (nSPS) is 13.8. The summed E-state index contributed by atoms with van der Waals surface area (Å²) in [6.45, 7) is 6.09. The molecule has 1 unspecified atom stereocenters. The van der Waals surface area contributed by atoms with Gasteiger partial charge in [-0.1, -0.05) is 240 Å². The van der Waals surface area contributed by atoms with Crippen LogP contribution < -0.4 is 0 Å². The van der Waals surface area contributed by atoms with Crippen molar-refractivity contribution in [3.05, 3.63) is 219 Å². The van der Waals surface area contributed by atoms with Crippen LogP contribution in [0.2, 0.25) is 0 Å². The second-order valence-corrected chi connectivity index (χ2v) is 18.0. The fraction of sp³-hybridized carbons (Fsp3) is 0.451. The van der Waals surface area contributed by atoms with Gasteiger partial charge in [-0.05, 0) is 148 Å². The summed E-state index contributed by atoms with van der Waals surface area (Å²) >= 11 is 0. The molecule has 0 bridgehead atoms. The SMILES string of the molecule is CC/C=C\C/C=C\C/C=C\C/C=C\C/C=C\C/C=C\C/C=C\C/C=C\CCCCC(=O)OCC(COC(=O)CC/C=C\C/C=C\C/C=C\C/C=C\CC)OC(=O)CC/C=C\C/C=C\C/C=C\C/C=C\C/C=C\C/C=C\CC. The maximum Gasteiger partial charge on any atom is 0.306 e. The Morgan fingerprint density at radius 1 is 0.260 bits per heavy atom. The first kappa shape index (κ1) is 70.7. The van der Waals surface area contributed by atoms with E-state index in [0.29, 0.717) is 19.3 Å². The van der Waals surface area contributed by atoms with E-state index in [9.17, 15) is 14.4 Å². The molecule has 0 radical (unpaired) electrons. The van der Waals surface area contributed by atoms with E-state index in [2.05, 4.69) is 215 Å². The lowest BCUT2D eigenvalue weighted by Gasteiger charge is -2.18. The van der Waals surface area contributed by atoms with E-state index in [4.69, 9.17) is 14.2 Å². The maximum atomic E-state index is 12.8. The molecule has 0 heterocycles. The zero-order valence-corrected chi connectivity index (χ0v) is 48.1. The lowest BCUT2D eigenvalue weighted by atomic mass is 10.2. The van der Waals surface area contributed by atoms with Crippen molar-refractivity contribution in [3.8, 4) is 0 Å². The van der Waals surface area contributed by atoms with Gasteiger partial charge < -0.3 is 14.2 Å². The summed E-state index contributed by atoms with van der Waals surface area (Å²) in [5.74, 6) is -1.20. The molecule has 0 aromatic rings. The zero-order valence-electron chi connectivity index (χ0n) is 48.1. The average molecular weight is 1050 g/mol. The standard InChI is InChI=1S/C71H102O6/c1-4-7-10-13-16-19-22-25-27-29-31-32-33-34-35-36-37-38-40-41-43-46-49-52-55-58-61-64-70(73)76-67-68(66-75-69(72)63-60-57-54-51-48-45-24-21-18-15-12-9-6-3)77-71(74)65-62-59-56-53-50-47-44-42-39-30-28-26-23-20-17-14-11-8-5-2/h7-12,16-21,25-28,31-32,34-35,37-39,41-43,45,47-50,52,54,56-57,59,68H,4-6,13-15,22-24,29-30,33,36,40,44,46,51,53,55,58,60-67H2,1-3H3/b10-7-,11-8-,12-9-,19-16-,20-17-,21-18-,27-25-,28-26-,32-31-,35-34-,38-37-,42-39-,43-41-,48-45-,50-47-,52-49-,57-54-,59-56-. The van der Waals surface area contributed by atoms with Gasteiger partial charge in [-0.2, -0.15) is 0 Å². The highest BCUT2D eigenvalue weighted by Gasteiger charge is 2.19. The summed E-state index contributed by atoms with van der Waals surface area (Å²) in [7, 11) is 0. The minimum Gasteiger partial charge on any atom is -0.462 e. The topological polar surface area (TPSA) is 78.9 Å². The lowest BCUT2D eigenvalue weighted by Crippen LogP contribution is -2.30. The van der Waals surface area contributed by atoms with Gasteiger partial charge in [0.1, 0.15) is 13.2 Å². The highest BCUT2D eigenvalue weighted by Crippen LogP contribution is 2.08. The lowest BCUT2D eigenvalue weighted by molar-refractivity contribution is -0.166. The van der Waals surface area contributed by atoms with Crippen LogP contribution in [0.1, 0.15) is 188 Å². The Kier molecular flexibility index (Phi) is 57.2. The molecule has 0 amide bonds. The molecule has 0 aliphatic rings. The molecular formula is C71H102O6. The number of esters is 3. The second-order valence-electron chi connectivity index (χ2n) is 18.0. The molecule has 0 saturated carbocycles. The third-order valence-corrected chi connectivity index (χ3v) is 11.0. The monoisotopic (exact) mass is 1050 g/mol. The maximum absolute atomic E-state index is 12.8. The molecule has 6 nitrogen and oxygen atoms in total. The summed E-state index contributed by atoms with van der Waals surface area (Å²) in [6.07, 6.45) is 98.2. The van der Waals surface area contributed by atoms with Crippen molar-refractivity contribution in [1.29, 1.82) is 0 Å². The molecule has 0 rings (SSSR count). The van der Waals surface area contributed by atoms with Crippen LogP contribution in [0.15, 0.2) is 219 Å². The van der Waals surface area contributed by atoms with Gasteiger partial charge in [0.2, 0.25) is 0 Å². The number of hydrogen-bond acceptors (Lipinski definition) is 6. The summed E-state index contributed by atoms with van der Waals surface area (Å²) in [5, 5.41) is 0. The van der Waals surface area contributed by atoms with Gasteiger partial charge in [-0.25, -0.2) is 0 Å². The molecule has 0 N–H and O–H groups in total. The quantitative estimate of drug-likeness (QED) is 0.0261. The van der Waals surface area contributed by atoms with Gasteiger partial charge in [-0.3, -0.25) is 14.4 Å². The summed E-state index contributed by atoms with van der Waals surface area (Å²) < 4.78 is 16.7. The number of carbonyl (C=O) groups excluding carboxylic acids is 3. The van der Waals surface area contributed by atoms with Crippen molar-refractivity contribution >= 4 is 17.9 Å². The van der Waals surface area contributed by atoms with Crippen LogP contribution in [0.25, 0.3) is 0 Å². The first-order chi connectivity index (χ1) is 38.0. The second kappa shape index (κ2) is 62.3. The van der Waals surface area contributed by atoms with E-state index in [1.165, 1.54) is 0 Å². The molecule has 0 saturated heterocycles. The first-order valence-electron chi connectivity index (χ1n) is 29.2. The number of carbonyl (C=O) groups is 3. The van der Waals surface area contributed by atoms with Gasteiger partial charge >= 0.3 is 17.9 Å². The van der Waals surface area contributed by atoms with Crippen LogP contribution in [0.5, 0.6) is 0 Å². The van der Waals surface area contributed by atoms with Crippen LogP contribution in [-0.2, 0) is 28.6 Å². The number of unbranched alkanes of at least 4 members (excludes halogenated alkanes) is 2. The van der Waals surface area contributed by atoms with Crippen molar-refractivity contribution in [2.45, 2.75) is 194 Å². The van der Waals surface area contributed by atoms with E-state index >= 15 is 0 Å². The number of rotatable bonds is 49. The van der Waals surface area contributed by atoms with E-state index in [-0.39, 0.29) is 38.4 Å². The Labute approximate surface area is 470 Å². The Morgan fingerprint density at radius 3 is 0.753 bits per heavy atom. The zero-order chi connectivity index (χ0) is 55.7. The minimum atomic E-state index is -0.881. The fourth-order valence-corrected chi connectivity index (χ4v) is 6.73. The van der Waals surface area contributed by atoms with Gasteiger partial charge in [0.15, 0.2) is 6.10 Å². The Morgan fingerprint density at radius 2 is 0.481 bits per heavy atom. The fourth-order valence-electron chi connectivity index (χ4n) is 6.73. The van der Waals surface area contributed by atoms with Gasteiger partial charge in [0.05, 0.1) is 0 Å². The van der Waals surface area contributed by atoms with Crippen molar-refractivity contribution < 1.29 is 28.6 Å². The van der Waals surface area contributed by atoms with E-state index < -0.39 is 18.0 Å². The van der Waals surface area contributed by atoms with Crippen molar-refractivity contribution in [1.82, 2.24) is 0 Å². The summed E-state index contributed by atoms with van der Waals surface area (Å²) in [5.41, 5.74) is 0. The largest absolute Gasteiger partial charge is 0.462 e. The highest BCUT2D eigenvalue weighted by atomic mass is 16.6. The predicted octanol–water partition coefficient (Wildman–Crippen LogP) is 20.2. The first-order valence-corrected chi connectivity index (χ1v) is 29.2. The Hall–Kier alpha value is -6.27. The predicted molar refractivity (Wildman–Crippen MR) is 333 cm³/mol. The molecule has 0 spiro atoms. The van der Waals surface area contributed by atoms with Crippen LogP contribution in [0, 0.1) is 0 Å².